The Morgan fingerprint density at radius 1 is 1.56 bits per heavy atom. The molecule has 8 heteroatoms. The van der Waals surface area contributed by atoms with Crippen molar-refractivity contribution in [2.75, 3.05) is 12.3 Å². The second-order valence-electron chi connectivity index (χ2n) is 3.42. The Morgan fingerprint density at radius 2 is 2.31 bits per heavy atom. The highest BCUT2D eigenvalue weighted by Crippen LogP contribution is 2.10. The van der Waals surface area contributed by atoms with E-state index in [9.17, 15) is 5.11 Å². The van der Waals surface area contributed by atoms with Crippen molar-refractivity contribution in [1.82, 2.24) is 15.0 Å². The summed E-state index contributed by atoms with van der Waals surface area (Å²) in [5.41, 5.74) is 6.91. The van der Waals surface area contributed by atoms with Gasteiger partial charge < -0.3 is 20.9 Å². The predicted octanol–water partition coefficient (Wildman–Crippen LogP) is -1.16. The molecule has 2 aromatic heterocycles. The van der Waals surface area contributed by atoms with E-state index >= 15 is 0 Å². The van der Waals surface area contributed by atoms with E-state index in [1.165, 1.54) is 6.33 Å². The van der Waals surface area contributed by atoms with Crippen molar-refractivity contribution in [2.24, 2.45) is 0 Å². The highest BCUT2D eigenvalue weighted by Gasteiger charge is 2.16. The van der Waals surface area contributed by atoms with Crippen LogP contribution >= 0.6 is 12.2 Å². The third-order valence-corrected chi connectivity index (χ3v) is 2.41. The van der Waals surface area contributed by atoms with Crippen LogP contribution in [0, 0.1) is 4.77 Å². The fourth-order valence-corrected chi connectivity index (χ4v) is 1.65. The van der Waals surface area contributed by atoms with Crippen molar-refractivity contribution in [3.63, 3.8) is 0 Å². The second-order valence-corrected chi connectivity index (χ2v) is 3.83. The zero-order valence-electron chi connectivity index (χ0n) is 8.34. The summed E-state index contributed by atoms with van der Waals surface area (Å²) in [4.78, 5) is 9.73. The van der Waals surface area contributed by atoms with Crippen LogP contribution in [0.5, 0.6) is 0 Å². The molecule has 2 heterocycles. The smallest absolute Gasteiger partial charge is 0.257 e. The Morgan fingerprint density at radius 3 is 3.00 bits per heavy atom. The SMILES string of the molecule is Nc1nc[n+](C[C@@H](O)CO)c2[nH]c(=S)[nH]c12. The minimum absolute atomic E-state index is 0.212. The van der Waals surface area contributed by atoms with Crippen molar-refractivity contribution < 1.29 is 14.8 Å². The summed E-state index contributed by atoms with van der Waals surface area (Å²) in [5, 5.41) is 18.1. The Labute approximate surface area is 95.6 Å². The van der Waals surface area contributed by atoms with Crippen LogP contribution in [0.25, 0.3) is 11.2 Å². The topological polar surface area (TPSA) is 115 Å². The molecule has 0 unspecified atom stereocenters. The Kier molecular flexibility index (Phi) is 2.86. The summed E-state index contributed by atoms with van der Waals surface area (Å²) in [6.07, 6.45) is 0.630. The van der Waals surface area contributed by atoms with Gasteiger partial charge in [-0.1, -0.05) is 4.98 Å². The molecular formula is C8H12N5O2S+. The summed E-state index contributed by atoms with van der Waals surface area (Å²) in [6.45, 7) is -0.104. The largest absolute Gasteiger partial charge is 0.394 e. The van der Waals surface area contributed by atoms with Gasteiger partial charge in [-0.05, 0) is 12.2 Å². The zero-order chi connectivity index (χ0) is 11.7. The number of nitrogens with zero attached hydrogens (tertiary/aromatic N) is 2. The number of aromatic amines is 2. The maximum atomic E-state index is 9.37. The molecule has 0 saturated carbocycles. The number of H-pyrrole nitrogens is 2. The van der Waals surface area contributed by atoms with Crippen LogP contribution in [0.1, 0.15) is 0 Å². The molecule has 0 amide bonds. The van der Waals surface area contributed by atoms with E-state index in [1.54, 1.807) is 4.57 Å². The molecule has 0 aromatic carbocycles. The van der Waals surface area contributed by atoms with E-state index in [0.29, 0.717) is 21.8 Å². The first kappa shape index (κ1) is 11.0. The fourth-order valence-electron chi connectivity index (χ4n) is 1.45. The molecule has 2 rings (SSSR count). The minimum Gasteiger partial charge on any atom is -0.394 e. The average molecular weight is 242 g/mol. The molecule has 0 aliphatic heterocycles. The number of nitrogens with two attached hydrogens (primary N) is 1. The summed E-state index contributed by atoms with van der Waals surface area (Å²) in [6, 6.07) is 0. The number of nitrogen functional groups attached to an aromatic ring is 1. The van der Waals surface area contributed by atoms with Crippen molar-refractivity contribution in [1.29, 1.82) is 0 Å². The molecule has 1 atom stereocenters. The summed E-state index contributed by atoms with van der Waals surface area (Å²) in [5.74, 6) is 0.331. The highest BCUT2D eigenvalue weighted by molar-refractivity contribution is 7.71. The molecule has 0 radical (unpaired) electrons. The van der Waals surface area contributed by atoms with E-state index in [2.05, 4.69) is 15.0 Å². The molecular weight excluding hydrogens is 230 g/mol. The summed E-state index contributed by atoms with van der Waals surface area (Å²) in [7, 11) is 0. The van der Waals surface area contributed by atoms with E-state index in [0.717, 1.165) is 0 Å². The molecule has 16 heavy (non-hydrogen) atoms. The lowest BCUT2D eigenvalue weighted by molar-refractivity contribution is -0.683. The van der Waals surface area contributed by atoms with Gasteiger partial charge in [0.15, 0.2) is 5.52 Å². The predicted molar refractivity (Wildman–Crippen MR) is 59.0 cm³/mol. The van der Waals surface area contributed by atoms with Crippen LogP contribution in [0.3, 0.4) is 0 Å². The normalized spacial score (nSPS) is 13.1. The molecule has 0 bridgehead atoms. The average Bonchev–Trinajstić information content (AvgIpc) is 2.65. The van der Waals surface area contributed by atoms with Crippen LogP contribution in [0.4, 0.5) is 5.82 Å². The van der Waals surface area contributed by atoms with Gasteiger partial charge in [-0.2, -0.15) is 0 Å². The lowest BCUT2D eigenvalue weighted by Crippen LogP contribution is -2.42. The van der Waals surface area contributed by atoms with Gasteiger partial charge in [-0.15, -0.1) is 0 Å². The number of aromatic nitrogens is 4. The number of hydrogen-bond acceptors (Lipinski definition) is 5. The number of hydrogen-bond donors (Lipinski definition) is 5. The first-order valence-electron chi connectivity index (χ1n) is 4.66. The summed E-state index contributed by atoms with van der Waals surface area (Å²) >= 11 is 4.95. The number of rotatable bonds is 3. The lowest BCUT2D eigenvalue weighted by atomic mass is 10.3. The number of imidazole rings is 1. The van der Waals surface area contributed by atoms with Gasteiger partial charge in [0.25, 0.3) is 5.65 Å². The maximum absolute atomic E-state index is 9.37. The monoisotopic (exact) mass is 242 g/mol. The molecule has 0 saturated heterocycles. The Bertz CT molecular complexity index is 563. The summed E-state index contributed by atoms with van der Waals surface area (Å²) < 4.78 is 2.07. The molecule has 0 aliphatic carbocycles. The highest BCUT2D eigenvalue weighted by atomic mass is 32.1. The Hall–Kier alpha value is -1.51. The van der Waals surface area contributed by atoms with Gasteiger partial charge in [0.2, 0.25) is 16.9 Å². The van der Waals surface area contributed by atoms with Gasteiger partial charge in [-0.3, -0.25) is 0 Å². The number of aliphatic hydroxyl groups is 2. The van der Waals surface area contributed by atoms with Crippen molar-refractivity contribution in [3.05, 3.63) is 11.1 Å². The van der Waals surface area contributed by atoms with E-state index in [4.69, 9.17) is 23.1 Å². The van der Waals surface area contributed by atoms with Crippen LogP contribution in [0.15, 0.2) is 6.33 Å². The molecule has 6 N–H and O–H groups in total. The van der Waals surface area contributed by atoms with Crippen LogP contribution in [0.2, 0.25) is 0 Å². The molecule has 7 nitrogen and oxygen atoms in total. The van der Waals surface area contributed by atoms with Crippen LogP contribution in [-0.2, 0) is 6.54 Å². The molecule has 2 aromatic rings. The number of aliphatic hydroxyl groups excluding tert-OH is 2. The van der Waals surface area contributed by atoms with E-state index in [1.807, 2.05) is 0 Å². The fraction of sp³-hybridized carbons (Fsp3) is 0.375. The van der Waals surface area contributed by atoms with Gasteiger partial charge in [0, 0.05) is 0 Å². The maximum Gasteiger partial charge on any atom is 0.257 e. The van der Waals surface area contributed by atoms with Crippen molar-refractivity contribution >= 4 is 29.2 Å². The number of nitrogens with one attached hydrogen (secondary N) is 2. The van der Waals surface area contributed by atoms with Gasteiger partial charge in [-0.25, -0.2) is 9.55 Å². The lowest BCUT2D eigenvalue weighted by Gasteiger charge is -2.06. The molecule has 0 spiro atoms. The molecule has 0 aliphatic rings. The zero-order valence-corrected chi connectivity index (χ0v) is 9.16. The standard InChI is InChI=1S/C8H11N5O2S/c9-6-5-7(12-8(16)11-5)13(3-10-6)1-4(15)2-14/h3-4,14-15H,1-2H2,(H3,9,11,12,16)/p+1/t4-/m1/s1. The number of fused-ring (bicyclic) bond motifs is 1. The first-order chi connectivity index (χ1) is 7.61. The molecule has 86 valence electrons. The number of anilines is 1. The minimum atomic E-state index is -0.851. The third-order valence-electron chi connectivity index (χ3n) is 2.21. The van der Waals surface area contributed by atoms with Crippen molar-refractivity contribution in [3.8, 4) is 0 Å². The second kappa shape index (κ2) is 4.16. The first-order valence-corrected chi connectivity index (χ1v) is 5.07. The van der Waals surface area contributed by atoms with E-state index < -0.39 is 6.10 Å². The van der Waals surface area contributed by atoms with Gasteiger partial charge in [0.05, 0.1) is 13.2 Å². The van der Waals surface area contributed by atoms with E-state index in [-0.39, 0.29) is 13.2 Å². The third kappa shape index (κ3) is 1.90. The van der Waals surface area contributed by atoms with Gasteiger partial charge in [0.1, 0.15) is 6.10 Å². The van der Waals surface area contributed by atoms with Crippen LogP contribution in [-0.4, -0.2) is 37.9 Å². The Balaban J connectivity index is 2.54. The van der Waals surface area contributed by atoms with Crippen molar-refractivity contribution in [2.45, 2.75) is 12.6 Å². The van der Waals surface area contributed by atoms with Gasteiger partial charge >= 0.3 is 0 Å². The quantitative estimate of drug-likeness (QED) is 0.344. The van der Waals surface area contributed by atoms with Crippen LogP contribution < -0.4 is 10.3 Å². The molecule has 0 fully saturated rings.